The predicted molar refractivity (Wildman–Crippen MR) is 64.0 cm³/mol. The van der Waals surface area contributed by atoms with E-state index >= 15 is 0 Å². The molecule has 0 aromatic heterocycles. The van der Waals surface area contributed by atoms with Crippen LogP contribution in [0.3, 0.4) is 0 Å². The van der Waals surface area contributed by atoms with Crippen LogP contribution in [0.5, 0.6) is 11.5 Å². The van der Waals surface area contributed by atoms with Crippen molar-refractivity contribution >= 4 is 0 Å². The molecule has 1 aromatic rings. The first-order valence-corrected chi connectivity index (χ1v) is 5.85. The molecule has 2 rings (SSSR count). The highest BCUT2D eigenvalue weighted by Gasteiger charge is 2.20. The zero-order chi connectivity index (χ0) is 11.5. The van der Waals surface area contributed by atoms with E-state index in [0.717, 1.165) is 42.9 Å². The van der Waals surface area contributed by atoms with Crippen LogP contribution in [0.2, 0.25) is 0 Å². The molecule has 0 spiro atoms. The van der Waals surface area contributed by atoms with Gasteiger partial charge in [0.2, 0.25) is 0 Å². The van der Waals surface area contributed by atoms with Crippen molar-refractivity contribution in [1.29, 1.82) is 0 Å². The van der Waals surface area contributed by atoms with Crippen LogP contribution in [0.4, 0.5) is 0 Å². The summed E-state index contributed by atoms with van der Waals surface area (Å²) in [5, 5.41) is 0. The highest BCUT2D eigenvalue weighted by Crippen LogP contribution is 2.39. The van der Waals surface area contributed by atoms with Crippen molar-refractivity contribution in [2.45, 2.75) is 32.2 Å². The Labute approximate surface area is 96.5 Å². The first kappa shape index (κ1) is 11.3. The molecule has 0 saturated carbocycles. The number of rotatable bonds is 2. The molecule has 16 heavy (non-hydrogen) atoms. The Morgan fingerprint density at radius 3 is 3.00 bits per heavy atom. The smallest absolute Gasteiger partial charge is 0.165 e. The van der Waals surface area contributed by atoms with Crippen molar-refractivity contribution in [2.24, 2.45) is 5.73 Å². The number of ether oxygens (including phenoxy) is 2. The normalized spacial score (nSPS) is 19.6. The van der Waals surface area contributed by atoms with Crippen LogP contribution in [-0.4, -0.2) is 13.7 Å². The number of hydrogen-bond donors (Lipinski definition) is 1. The maximum atomic E-state index is 6.16. The topological polar surface area (TPSA) is 44.5 Å². The lowest BCUT2D eigenvalue weighted by Crippen LogP contribution is -2.10. The molecule has 0 amide bonds. The molecule has 1 atom stereocenters. The van der Waals surface area contributed by atoms with Crippen LogP contribution in [0, 0.1) is 0 Å². The van der Waals surface area contributed by atoms with Gasteiger partial charge in [0.05, 0.1) is 13.7 Å². The van der Waals surface area contributed by atoms with Gasteiger partial charge in [-0.15, -0.1) is 0 Å². The summed E-state index contributed by atoms with van der Waals surface area (Å²) in [7, 11) is 1.68. The Balaban J connectivity index is 2.51. The third-order valence-electron chi connectivity index (χ3n) is 3.08. The Kier molecular flexibility index (Phi) is 3.34. The van der Waals surface area contributed by atoms with Crippen LogP contribution >= 0.6 is 0 Å². The SMILES string of the molecule is CCc1cc(OC)c2c(c1)[C@H](N)CCCO2. The molecular formula is C13H19NO2. The third kappa shape index (κ3) is 2.00. The number of aryl methyl sites for hydroxylation is 1. The summed E-state index contributed by atoms with van der Waals surface area (Å²) in [6, 6.07) is 4.25. The Bertz CT molecular complexity index is 376. The lowest BCUT2D eigenvalue weighted by atomic mass is 9.99. The average Bonchev–Trinajstić information content (AvgIpc) is 2.50. The van der Waals surface area contributed by atoms with Crippen LogP contribution in [0.15, 0.2) is 12.1 Å². The second kappa shape index (κ2) is 4.74. The predicted octanol–water partition coefficient (Wildman–Crippen LogP) is 2.43. The second-order valence-corrected chi connectivity index (χ2v) is 4.17. The third-order valence-corrected chi connectivity index (χ3v) is 3.08. The Morgan fingerprint density at radius 1 is 1.50 bits per heavy atom. The summed E-state index contributed by atoms with van der Waals surface area (Å²) >= 11 is 0. The van der Waals surface area contributed by atoms with Gasteiger partial charge in [-0.05, 0) is 30.9 Å². The van der Waals surface area contributed by atoms with E-state index in [4.69, 9.17) is 15.2 Å². The monoisotopic (exact) mass is 221 g/mol. The summed E-state index contributed by atoms with van der Waals surface area (Å²) < 4.78 is 11.1. The van der Waals surface area contributed by atoms with Gasteiger partial charge in [-0.3, -0.25) is 0 Å². The summed E-state index contributed by atoms with van der Waals surface area (Å²) in [6.07, 6.45) is 2.96. The van der Waals surface area contributed by atoms with E-state index in [1.54, 1.807) is 7.11 Å². The number of fused-ring (bicyclic) bond motifs is 1. The molecule has 1 aromatic carbocycles. The Hall–Kier alpha value is -1.22. The fourth-order valence-corrected chi connectivity index (χ4v) is 2.10. The van der Waals surface area contributed by atoms with Crippen molar-refractivity contribution < 1.29 is 9.47 Å². The molecule has 0 bridgehead atoms. The van der Waals surface area contributed by atoms with Crippen molar-refractivity contribution in [2.75, 3.05) is 13.7 Å². The van der Waals surface area contributed by atoms with Gasteiger partial charge in [0.15, 0.2) is 11.5 Å². The molecule has 1 heterocycles. The highest BCUT2D eigenvalue weighted by molar-refractivity contribution is 5.51. The van der Waals surface area contributed by atoms with E-state index in [2.05, 4.69) is 13.0 Å². The maximum absolute atomic E-state index is 6.16. The first-order chi connectivity index (χ1) is 7.76. The summed E-state index contributed by atoms with van der Waals surface area (Å²) in [4.78, 5) is 0. The minimum Gasteiger partial charge on any atom is -0.493 e. The van der Waals surface area contributed by atoms with Gasteiger partial charge in [0.25, 0.3) is 0 Å². The van der Waals surface area contributed by atoms with Crippen molar-refractivity contribution in [1.82, 2.24) is 0 Å². The molecule has 88 valence electrons. The number of nitrogens with two attached hydrogens (primary N) is 1. The van der Waals surface area contributed by atoms with Crippen molar-refractivity contribution in [3.63, 3.8) is 0 Å². The van der Waals surface area contributed by atoms with Gasteiger partial charge in [0, 0.05) is 11.6 Å². The van der Waals surface area contributed by atoms with Gasteiger partial charge in [-0.2, -0.15) is 0 Å². The summed E-state index contributed by atoms with van der Waals surface area (Å²) in [5.74, 6) is 1.65. The van der Waals surface area contributed by atoms with E-state index in [-0.39, 0.29) is 6.04 Å². The molecule has 0 radical (unpaired) electrons. The van der Waals surface area contributed by atoms with Gasteiger partial charge < -0.3 is 15.2 Å². The van der Waals surface area contributed by atoms with Crippen LogP contribution in [-0.2, 0) is 6.42 Å². The largest absolute Gasteiger partial charge is 0.493 e. The molecule has 1 aliphatic rings. The van der Waals surface area contributed by atoms with E-state index in [0.29, 0.717) is 0 Å². The van der Waals surface area contributed by atoms with E-state index in [1.807, 2.05) is 6.07 Å². The summed E-state index contributed by atoms with van der Waals surface area (Å²) in [5.41, 5.74) is 8.50. The Morgan fingerprint density at radius 2 is 2.31 bits per heavy atom. The zero-order valence-corrected chi connectivity index (χ0v) is 9.95. The quantitative estimate of drug-likeness (QED) is 0.834. The van der Waals surface area contributed by atoms with E-state index < -0.39 is 0 Å². The van der Waals surface area contributed by atoms with E-state index in [9.17, 15) is 0 Å². The minimum atomic E-state index is 0.0675. The molecular weight excluding hydrogens is 202 g/mol. The van der Waals surface area contributed by atoms with Gasteiger partial charge in [-0.1, -0.05) is 13.0 Å². The fourth-order valence-electron chi connectivity index (χ4n) is 2.10. The molecule has 0 unspecified atom stereocenters. The number of benzene rings is 1. The maximum Gasteiger partial charge on any atom is 0.165 e. The number of hydrogen-bond acceptors (Lipinski definition) is 3. The molecule has 0 fully saturated rings. The van der Waals surface area contributed by atoms with Crippen LogP contribution < -0.4 is 15.2 Å². The molecule has 0 aliphatic carbocycles. The van der Waals surface area contributed by atoms with Gasteiger partial charge in [-0.25, -0.2) is 0 Å². The average molecular weight is 221 g/mol. The summed E-state index contributed by atoms with van der Waals surface area (Å²) in [6.45, 7) is 2.85. The lowest BCUT2D eigenvalue weighted by molar-refractivity contribution is 0.294. The standard InChI is InChI=1S/C13H19NO2/c1-3-9-7-10-11(14)5-4-6-16-13(10)12(8-9)15-2/h7-8,11H,3-6,14H2,1-2H3/t11-/m1/s1. The van der Waals surface area contributed by atoms with Crippen LogP contribution in [0.25, 0.3) is 0 Å². The molecule has 2 N–H and O–H groups in total. The minimum absolute atomic E-state index is 0.0675. The molecule has 0 saturated heterocycles. The van der Waals surface area contributed by atoms with Gasteiger partial charge in [0.1, 0.15) is 0 Å². The van der Waals surface area contributed by atoms with Gasteiger partial charge >= 0.3 is 0 Å². The van der Waals surface area contributed by atoms with Crippen molar-refractivity contribution in [3.8, 4) is 11.5 Å². The second-order valence-electron chi connectivity index (χ2n) is 4.17. The van der Waals surface area contributed by atoms with Crippen LogP contribution in [0.1, 0.15) is 36.9 Å². The highest BCUT2D eigenvalue weighted by atomic mass is 16.5. The first-order valence-electron chi connectivity index (χ1n) is 5.85. The molecule has 3 heteroatoms. The lowest BCUT2D eigenvalue weighted by Gasteiger charge is -2.16. The molecule has 1 aliphatic heterocycles. The number of methoxy groups -OCH3 is 1. The van der Waals surface area contributed by atoms with Crippen molar-refractivity contribution in [3.05, 3.63) is 23.3 Å². The molecule has 3 nitrogen and oxygen atoms in total. The fraction of sp³-hybridized carbons (Fsp3) is 0.538. The van der Waals surface area contributed by atoms with E-state index in [1.165, 1.54) is 5.56 Å². The zero-order valence-electron chi connectivity index (χ0n) is 9.95.